The van der Waals surface area contributed by atoms with Crippen LogP contribution in [0.5, 0.6) is 0 Å². The molecule has 0 bridgehead atoms. The van der Waals surface area contributed by atoms with Gasteiger partial charge >= 0.3 is 0 Å². The molecule has 0 aromatic carbocycles. The summed E-state index contributed by atoms with van der Waals surface area (Å²) in [5.74, 6) is 0.576. The molecule has 3 rings (SSSR count). The van der Waals surface area contributed by atoms with Crippen LogP contribution < -0.4 is 5.32 Å². The highest BCUT2D eigenvalue weighted by atomic mass is 16.1. The van der Waals surface area contributed by atoms with E-state index >= 15 is 0 Å². The van der Waals surface area contributed by atoms with Crippen LogP contribution in [-0.4, -0.2) is 25.7 Å². The zero-order chi connectivity index (χ0) is 18.5. The number of fused-ring (bicyclic) bond motifs is 1. The second-order valence-corrected chi connectivity index (χ2v) is 6.46. The summed E-state index contributed by atoms with van der Waals surface area (Å²) in [6.45, 7) is 4.24. The second kappa shape index (κ2) is 8.08. The molecule has 0 spiro atoms. The van der Waals surface area contributed by atoms with Crippen LogP contribution in [0.1, 0.15) is 45.1 Å². The average Bonchev–Trinajstić information content (AvgIpc) is 2.97. The third kappa shape index (κ3) is 3.74. The molecule has 0 fully saturated rings. The molecule has 0 radical (unpaired) electrons. The quantitative estimate of drug-likeness (QED) is 0.650. The van der Waals surface area contributed by atoms with E-state index in [1.807, 2.05) is 31.6 Å². The number of carbonyl (C=O) groups is 1. The third-order valence-corrected chi connectivity index (χ3v) is 4.54. The number of aryl methyl sites for hydroxylation is 2. The molecule has 0 aliphatic carbocycles. The van der Waals surface area contributed by atoms with E-state index in [1.54, 1.807) is 10.9 Å². The molecule has 3 aromatic rings. The molecule has 0 aliphatic heterocycles. The molecule has 0 aliphatic rings. The molecule has 26 heavy (non-hydrogen) atoms. The zero-order valence-corrected chi connectivity index (χ0v) is 15.6. The van der Waals surface area contributed by atoms with E-state index in [-0.39, 0.29) is 5.91 Å². The van der Waals surface area contributed by atoms with Crippen LogP contribution in [-0.2, 0) is 18.3 Å². The van der Waals surface area contributed by atoms with Crippen molar-refractivity contribution in [3.8, 4) is 11.1 Å². The molecule has 0 unspecified atom stereocenters. The van der Waals surface area contributed by atoms with Gasteiger partial charge in [0.25, 0.3) is 0 Å². The molecule has 1 N–H and O–H groups in total. The summed E-state index contributed by atoms with van der Waals surface area (Å²) >= 11 is 0. The maximum Gasteiger partial charge on any atom is 0.225 e. The van der Waals surface area contributed by atoms with Crippen LogP contribution in [0.15, 0.2) is 30.7 Å². The van der Waals surface area contributed by atoms with E-state index in [1.165, 1.54) is 5.56 Å². The summed E-state index contributed by atoms with van der Waals surface area (Å²) in [6, 6.07) is 4.05. The van der Waals surface area contributed by atoms with E-state index < -0.39 is 0 Å². The Balaban J connectivity index is 1.94. The number of unbranched alkanes of at least 4 members (excludes halogenated alkanes) is 2. The van der Waals surface area contributed by atoms with Crippen molar-refractivity contribution in [2.45, 2.75) is 46.0 Å². The largest absolute Gasteiger partial charge is 0.309 e. The fourth-order valence-corrected chi connectivity index (χ4v) is 3.10. The first-order valence-corrected chi connectivity index (χ1v) is 9.19. The van der Waals surface area contributed by atoms with Crippen LogP contribution in [0.3, 0.4) is 0 Å². The Bertz CT molecular complexity index is 916. The Kier molecular flexibility index (Phi) is 5.61. The smallest absolute Gasteiger partial charge is 0.225 e. The number of pyridine rings is 2. The van der Waals surface area contributed by atoms with Crippen molar-refractivity contribution in [2.24, 2.45) is 7.05 Å². The Morgan fingerprint density at radius 2 is 2.08 bits per heavy atom. The summed E-state index contributed by atoms with van der Waals surface area (Å²) in [6.07, 6.45) is 10.00. The molecular formula is C20H25N5O. The number of aromatic nitrogens is 4. The standard InChI is InChI=1S/C20H25N5O/c1-4-6-7-8-18(26)23-19-17-11-15(13-22-20(17)25(3)24-19)16-9-10-21-12-14(16)5-2/h9-13H,4-8H2,1-3H3,(H,23,24,26). The van der Waals surface area contributed by atoms with E-state index in [0.29, 0.717) is 12.2 Å². The molecule has 0 saturated carbocycles. The lowest BCUT2D eigenvalue weighted by Crippen LogP contribution is -2.11. The van der Waals surface area contributed by atoms with Gasteiger partial charge in [0.1, 0.15) is 0 Å². The Morgan fingerprint density at radius 1 is 1.23 bits per heavy atom. The van der Waals surface area contributed by atoms with Gasteiger partial charge in [-0.25, -0.2) is 9.67 Å². The minimum absolute atomic E-state index is 0.00186. The lowest BCUT2D eigenvalue weighted by atomic mass is 10.0. The Hall–Kier alpha value is -2.76. The minimum atomic E-state index is 0.00186. The molecule has 136 valence electrons. The van der Waals surface area contributed by atoms with Crippen molar-refractivity contribution in [1.82, 2.24) is 19.7 Å². The van der Waals surface area contributed by atoms with Crippen LogP contribution in [0.2, 0.25) is 0 Å². The summed E-state index contributed by atoms with van der Waals surface area (Å²) in [5, 5.41) is 8.25. The van der Waals surface area contributed by atoms with Crippen LogP contribution in [0.4, 0.5) is 5.82 Å². The van der Waals surface area contributed by atoms with Gasteiger partial charge in [-0.15, -0.1) is 0 Å². The molecule has 6 heteroatoms. The van der Waals surface area contributed by atoms with Gasteiger partial charge in [0.15, 0.2) is 11.5 Å². The molecule has 3 heterocycles. The fraction of sp³-hybridized carbons (Fsp3) is 0.400. The van der Waals surface area contributed by atoms with E-state index in [0.717, 1.165) is 47.8 Å². The van der Waals surface area contributed by atoms with Crippen molar-refractivity contribution in [3.05, 3.63) is 36.3 Å². The number of hydrogen-bond acceptors (Lipinski definition) is 4. The van der Waals surface area contributed by atoms with Crippen molar-refractivity contribution in [1.29, 1.82) is 0 Å². The number of nitrogens with zero attached hydrogens (tertiary/aromatic N) is 4. The first kappa shape index (κ1) is 18.0. The highest BCUT2D eigenvalue weighted by Gasteiger charge is 2.14. The summed E-state index contributed by atoms with van der Waals surface area (Å²) in [4.78, 5) is 21.0. The monoisotopic (exact) mass is 351 g/mol. The van der Waals surface area contributed by atoms with E-state index in [4.69, 9.17) is 0 Å². The minimum Gasteiger partial charge on any atom is -0.309 e. The lowest BCUT2D eigenvalue weighted by molar-refractivity contribution is -0.116. The van der Waals surface area contributed by atoms with E-state index in [9.17, 15) is 4.79 Å². The van der Waals surface area contributed by atoms with Gasteiger partial charge in [-0.1, -0.05) is 26.7 Å². The summed E-state index contributed by atoms with van der Waals surface area (Å²) < 4.78 is 1.70. The van der Waals surface area contributed by atoms with Gasteiger partial charge in [-0.3, -0.25) is 9.78 Å². The van der Waals surface area contributed by atoms with Crippen molar-refractivity contribution in [3.63, 3.8) is 0 Å². The first-order chi connectivity index (χ1) is 12.6. The lowest BCUT2D eigenvalue weighted by Gasteiger charge is -2.07. The number of hydrogen-bond donors (Lipinski definition) is 1. The maximum atomic E-state index is 12.2. The van der Waals surface area contributed by atoms with Crippen LogP contribution in [0.25, 0.3) is 22.2 Å². The molecule has 1 amide bonds. The van der Waals surface area contributed by atoms with Gasteiger partial charge in [-0.05, 0) is 36.1 Å². The molecular weight excluding hydrogens is 326 g/mol. The van der Waals surface area contributed by atoms with Gasteiger partial charge in [0, 0.05) is 37.6 Å². The Morgan fingerprint density at radius 3 is 2.85 bits per heavy atom. The van der Waals surface area contributed by atoms with Crippen LogP contribution >= 0.6 is 0 Å². The SMILES string of the molecule is CCCCCC(=O)Nc1nn(C)c2ncc(-c3ccncc3CC)cc12. The normalized spacial score (nSPS) is 11.0. The van der Waals surface area contributed by atoms with Crippen molar-refractivity contribution in [2.75, 3.05) is 5.32 Å². The van der Waals surface area contributed by atoms with Gasteiger partial charge in [0.05, 0.1) is 5.39 Å². The number of anilines is 1. The fourth-order valence-electron chi connectivity index (χ4n) is 3.10. The van der Waals surface area contributed by atoms with E-state index in [2.05, 4.69) is 34.2 Å². The topological polar surface area (TPSA) is 72.7 Å². The van der Waals surface area contributed by atoms with Gasteiger partial charge < -0.3 is 5.32 Å². The number of amides is 1. The molecule has 3 aromatic heterocycles. The second-order valence-electron chi connectivity index (χ2n) is 6.46. The van der Waals surface area contributed by atoms with Crippen molar-refractivity contribution >= 4 is 22.8 Å². The molecule has 0 saturated heterocycles. The summed E-state index contributed by atoms with van der Waals surface area (Å²) in [7, 11) is 1.84. The van der Waals surface area contributed by atoms with Crippen molar-refractivity contribution < 1.29 is 4.79 Å². The predicted octanol–water partition coefficient (Wildman–Crippen LogP) is 4.11. The number of rotatable bonds is 7. The summed E-state index contributed by atoms with van der Waals surface area (Å²) in [5.41, 5.74) is 4.04. The Labute approximate surface area is 153 Å². The number of carbonyl (C=O) groups excluding carboxylic acids is 1. The van der Waals surface area contributed by atoms with Gasteiger partial charge in [-0.2, -0.15) is 5.10 Å². The van der Waals surface area contributed by atoms with Gasteiger partial charge in [0.2, 0.25) is 5.91 Å². The predicted molar refractivity (Wildman–Crippen MR) is 104 cm³/mol. The average molecular weight is 351 g/mol. The maximum absolute atomic E-state index is 12.2. The third-order valence-electron chi connectivity index (χ3n) is 4.54. The first-order valence-electron chi connectivity index (χ1n) is 9.19. The zero-order valence-electron chi connectivity index (χ0n) is 15.6. The number of nitrogens with one attached hydrogen (secondary N) is 1. The highest BCUT2D eigenvalue weighted by molar-refractivity contribution is 6.00. The molecule has 0 atom stereocenters. The van der Waals surface area contributed by atoms with Crippen LogP contribution in [0, 0.1) is 0 Å². The highest BCUT2D eigenvalue weighted by Crippen LogP contribution is 2.29. The molecule has 6 nitrogen and oxygen atoms in total.